The van der Waals surface area contributed by atoms with E-state index in [9.17, 15) is 0 Å². The van der Waals surface area contributed by atoms with Crippen LogP contribution in [0.15, 0.2) is 158 Å². The van der Waals surface area contributed by atoms with Gasteiger partial charge in [0.1, 0.15) is 8.07 Å². The molecule has 2 aliphatic rings. The van der Waals surface area contributed by atoms with Crippen molar-refractivity contribution in [2.45, 2.75) is 38.8 Å². The molecule has 0 nitrogen and oxygen atoms in total. The average molecular weight is 621 g/mol. The van der Waals surface area contributed by atoms with E-state index in [0.29, 0.717) is 0 Å². The van der Waals surface area contributed by atoms with Crippen LogP contribution < -0.4 is 10.4 Å². The minimum absolute atomic E-state index is 0.289. The van der Waals surface area contributed by atoms with Crippen LogP contribution in [-0.4, -0.2) is 8.07 Å². The zero-order valence-electron chi connectivity index (χ0n) is 27.7. The molecule has 0 saturated heterocycles. The molecule has 2 atom stereocenters. The summed E-state index contributed by atoms with van der Waals surface area (Å²) >= 11 is 0. The van der Waals surface area contributed by atoms with Gasteiger partial charge in [0.15, 0.2) is 0 Å². The van der Waals surface area contributed by atoms with Gasteiger partial charge in [0.25, 0.3) is 0 Å². The fourth-order valence-corrected chi connectivity index (χ4v) is 12.0. The summed E-state index contributed by atoms with van der Waals surface area (Å²) in [6.45, 7) is 10.0. The molecule has 0 heterocycles. The van der Waals surface area contributed by atoms with Crippen LogP contribution in [0, 0.1) is 0 Å². The van der Waals surface area contributed by atoms with Gasteiger partial charge in [-0.15, -0.1) is 0 Å². The number of allylic oxidation sites excluding steroid dienone is 2. The van der Waals surface area contributed by atoms with Crippen molar-refractivity contribution >= 4 is 40.7 Å². The highest BCUT2D eigenvalue weighted by atomic mass is 28.3. The van der Waals surface area contributed by atoms with E-state index in [1.54, 1.807) is 10.4 Å². The fraction of sp³-hybridized carbons (Fsp3) is 0.130. The van der Waals surface area contributed by atoms with E-state index in [-0.39, 0.29) is 11.8 Å². The molecule has 0 spiro atoms. The molecule has 0 fully saturated rings. The van der Waals surface area contributed by atoms with Gasteiger partial charge < -0.3 is 0 Å². The normalized spacial score (nSPS) is 17.2. The Labute approximate surface area is 280 Å². The first-order chi connectivity index (χ1) is 23.0. The predicted octanol–water partition coefficient (Wildman–Crippen LogP) is 10.7. The van der Waals surface area contributed by atoms with E-state index in [4.69, 9.17) is 0 Å². The summed E-state index contributed by atoms with van der Waals surface area (Å²) in [6.07, 6.45) is 0. The van der Waals surface area contributed by atoms with Crippen LogP contribution in [0.5, 0.6) is 0 Å². The second kappa shape index (κ2) is 11.7. The first-order valence-electron chi connectivity index (χ1n) is 16.9. The van der Waals surface area contributed by atoms with E-state index in [1.807, 2.05) is 0 Å². The first-order valence-corrected chi connectivity index (χ1v) is 19.9. The number of hydrogen-bond donors (Lipinski definition) is 0. The first kappa shape index (κ1) is 29.4. The number of benzene rings is 6. The molecule has 228 valence electrons. The lowest BCUT2D eigenvalue weighted by Crippen LogP contribution is -2.56. The Morgan fingerprint density at radius 3 is 1.02 bits per heavy atom. The van der Waals surface area contributed by atoms with Gasteiger partial charge in [-0.2, -0.15) is 0 Å². The Morgan fingerprint density at radius 2 is 0.681 bits per heavy atom. The van der Waals surface area contributed by atoms with E-state index < -0.39 is 8.07 Å². The molecule has 0 aliphatic heterocycles. The quantitative estimate of drug-likeness (QED) is 0.163. The monoisotopic (exact) mass is 620 g/mol. The maximum Gasteiger partial charge on any atom is 0.113 e. The summed E-state index contributed by atoms with van der Waals surface area (Å²) in [6, 6.07) is 58.5. The molecule has 2 aliphatic carbocycles. The third-order valence-corrected chi connectivity index (χ3v) is 14.2. The molecule has 6 aromatic carbocycles. The van der Waals surface area contributed by atoms with Gasteiger partial charge in [-0.3, -0.25) is 0 Å². The highest BCUT2D eigenvalue weighted by Gasteiger charge is 2.41. The topological polar surface area (TPSA) is 0 Å². The predicted molar refractivity (Wildman–Crippen MR) is 204 cm³/mol. The standard InChI is InChI=1S/C46H40Si/c1-31-41(33-19-9-5-10-20-33)45(35-23-13-7-14-24-35)37-27-17-29-39(43(31)37)47(3,4)40-30-18-28-38-44(40)32(2)42(34-21-11-6-12-22-34)46(38)36-25-15-8-16-26-36/h5-32H,1-4H3. The maximum absolute atomic E-state index is 2.59. The van der Waals surface area contributed by atoms with Crippen LogP contribution in [0.2, 0.25) is 13.1 Å². The third-order valence-electron chi connectivity index (χ3n) is 10.7. The van der Waals surface area contributed by atoms with Crippen molar-refractivity contribution < 1.29 is 0 Å². The van der Waals surface area contributed by atoms with Gasteiger partial charge in [0, 0.05) is 11.8 Å². The molecule has 0 aromatic heterocycles. The zero-order valence-corrected chi connectivity index (χ0v) is 28.7. The molecule has 47 heavy (non-hydrogen) atoms. The Kier molecular flexibility index (Phi) is 7.31. The number of hydrogen-bond acceptors (Lipinski definition) is 0. The van der Waals surface area contributed by atoms with Crippen LogP contribution in [-0.2, 0) is 0 Å². The van der Waals surface area contributed by atoms with Crippen LogP contribution in [0.3, 0.4) is 0 Å². The van der Waals surface area contributed by atoms with Crippen LogP contribution in [0.1, 0.15) is 70.2 Å². The van der Waals surface area contributed by atoms with Crippen molar-refractivity contribution in [3.05, 3.63) is 202 Å². The lowest BCUT2D eigenvalue weighted by molar-refractivity contribution is 1.01. The largest absolute Gasteiger partial charge is 0.113 e. The Balaban J connectivity index is 1.32. The minimum atomic E-state index is -2.23. The van der Waals surface area contributed by atoms with Crippen molar-refractivity contribution in [2.24, 2.45) is 0 Å². The molecule has 0 bridgehead atoms. The van der Waals surface area contributed by atoms with E-state index >= 15 is 0 Å². The molecule has 0 N–H and O–H groups in total. The van der Waals surface area contributed by atoms with Gasteiger partial charge in [0.05, 0.1) is 0 Å². The third kappa shape index (κ3) is 4.72. The average Bonchev–Trinajstić information content (AvgIpc) is 3.60. The summed E-state index contributed by atoms with van der Waals surface area (Å²) in [5.41, 5.74) is 16.7. The number of fused-ring (bicyclic) bond motifs is 2. The van der Waals surface area contributed by atoms with Gasteiger partial charge >= 0.3 is 0 Å². The van der Waals surface area contributed by atoms with E-state index in [1.165, 1.54) is 66.8 Å². The van der Waals surface area contributed by atoms with Gasteiger partial charge in [-0.1, -0.05) is 195 Å². The summed E-state index contributed by atoms with van der Waals surface area (Å²) in [7, 11) is -2.23. The Morgan fingerprint density at radius 1 is 0.362 bits per heavy atom. The highest BCUT2D eigenvalue weighted by molar-refractivity contribution is 7.01. The highest BCUT2D eigenvalue weighted by Crippen LogP contribution is 2.51. The van der Waals surface area contributed by atoms with Crippen molar-refractivity contribution in [1.82, 2.24) is 0 Å². The van der Waals surface area contributed by atoms with Gasteiger partial charge in [-0.05, 0) is 66.8 Å². The van der Waals surface area contributed by atoms with Gasteiger partial charge in [-0.25, -0.2) is 0 Å². The molecular weight excluding hydrogens is 581 g/mol. The lowest BCUT2D eigenvalue weighted by atomic mass is 9.90. The summed E-state index contributed by atoms with van der Waals surface area (Å²) in [4.78, 5) is 0. The molecule has 0 amide bonds. The summed E-state index contributed by atoms with van der Waals surface area (Å²) < 4.78 is 0. The maximum atomic E-state index is 2.59. The summed E-state index contributed by atoms with van der Waals surface area (Å²) in [5, 5.41) is 3.11. The molecule has 2 unspecified atom stereocenters. The molecule has 1 heteroatoms. The zero-order chi connectivity index (χ0) is 32.1. The second-order valence-electron chi connectivity index (χ2n) is 13.6. The summed E-state index contributed by atoms with van der Waals surface area (Å²) in [5.74, 6) is 0.579. The lowest BCUT2D eigenvalue weighted by Gasteiger charge is -2.31. The molecule has 6 aromatic rings. The second-order valence-corrected chi connectivity index (χ2v) is 18.0. The molecular formula is C46H40Si. The van der Waals surface area contributed by atoms with E-state index in [0.717, 1.165) is 0 Å². The van der Waals surface area contributed by atoms with Crippen LogP contribution >= 0.6 is 0 Å². The van der Waals surface area contributed by atoms with Crippen molar-refractivity contribution in [1.29, 1.82) is 0 Å². The SMILES string of the molecule is CC1C(c2ccccc2)=C(c2ccccc2)c2cccc([Si](C)(C)c3cccc4c3C(C)C(c3ccccc3)=C4c3ccccc3)c21. The molecule has 0 saturated carbocycles. The van der Waals surface area contributed by atoms with Crippen molar-refractivity contribution in [2.75, 3.05) is 0 Å². The molecule has 8 rings (SSSR count). The van der Waals surface area contributed by atoms with Crippen molar-refractivity contribution in [3.8, 4) is 0 Å². The Bertz CT molecular complexity index is 2000. The minimum Gasteiger partial charge on any atom is -0.0623 e. The smallest absolute Gasteiger partial charge is 0.0623 e. The van der Waals surface area contributed by atoms with Crippen LogP contribution in [0.4, 0.5) is 0 Å². The van der Waals surface area contributed by atoms with Crippen molar-refractivity contribution in [3.63, 3.8) is 0 Å². The van der Waals surface area contributed by atoms with Crippen LogP contribution in [0.25, 0.3) is 22.3 Å². The Hall–Kier alpha value is -4.98. The van der Waals surface area contributed by atoms with E-state index in [2.05, 4.69) is 185 Å². The number of rotatable bonds is 6. The molecule has 0 radical (unpaired) electrons. The fourth-order valence-electron chi connectivity index (χ4n) is 8.60. The van der Waals surface area contributed by atoms with Gasteiger partial charge in [0.2, 0.25) is 0 Å².